The summed E-state index contributed by atoms with van der Waals surface area (Å²) in [5, 5.41) is 7.04. The second-order valence-corrected chi connectivity index (χ2v) is 5.05. The van der Waals surface area contributed by atoms with E-state index in [0.717, 1.165) is 5.56 Å². The normalized spacial score (nSPS) is 18.6. The fourth-order valence-electron chi connectivity index (χ4n) is 2.30. The number of benzene rings is 1. The maximum Gasteiger partial charge on any atom is 0.251 e. The van der Waals surface area contributed by atoms with Crippen molar-refractivity contribution in [2.45, 2.75) is 13.3 Å². The van der Waals surface area contributed by atoms with Gasteiger partial charge in [0.15, 0.2) is 5.82 Å². The topological polar surface area (TPSA) is 61.9 Å². The van der Waals surface area contributed by atoms with E-state index in [0.29, 0.717) is 24.7 Å². The van der Waals surface area contributed by atoms with Gasteiger partial charge in [0.25, 0.3) is 5.95 Å². The van der Waals surface area contributed by atoms with Gasteiger partial charge in [-0.2, -0.15) is 4.98 Å². The molecule has 0 bridgehead atoms. The summed E-state index contributed by atoms with van der Waals surface area (Å²) in [4.78, 5) is 17.9. The van der Waals surface area contributed by atoms with E-state index in [1.807, 2.05) is 37.3 Å². The number of aryl methyl sites for hydroxylation is 1. The van der Waals surface area contributed by atoms with Crippen LogP contribution >= 0.6 is 0 Å². The molecule has 1 saturated heterocycles. The molecule has 1 aliphatic heterocycles. The molecule has 1 N–H and O–H groups in total. The smallest absolute Gasteiger partial charge is 0.251 e. The van der Waals surface area contributed by atoms with E-state index in [1.165, 1.54) is 5.56 Å². The fourth-order valence-corrected chi connectivity index (χ4v) is 2.30. The van der Waals surface area contributed by atoms with Crippen molar-refractivity contribution in [2.75, 3.05) is 11.4 Å². The molecule has 1 unspecified atom stereocenters. The molecular formula is C15H16N4O. The van der Waals surface area contributed by atoms with Crippen LogP contribution in [0.15, 0.2) is 36.9 Å². The maximum absolute atomic E-state index is 11.9. The standard InChI is InChI=1S/C15H16N4O/c1-3-11-8-13(20)19(9-11)15-16-14(17-18-15)12-6-4-10(2)5-7-12/h3-7,11H,1,8-9H2,2H3,(H,16,17,18). The van der Waals surface area contributed by atoms with Crippen molar-refractivity contribution in [3.63, 3.8) is 0 Å². The Morgan fingerprint density at radius 1 is 1.40 bits per heavy atom. The summed E-state index contributed by atoms with van der Waals surface area (Å²) < 4.78 is 0. The molecule has 5 heteroatoms. The van der Waals surface area contributed by atoms with Crippen molar-refractivity contribution < 1.29 is 4.79 Å². The lowest BCUT2D eigenvalue weighted by molar-refractivity contribution is -0.117. The number of anilines is 1. The summed E-state index contributed by atoms with van der Waals surface area (Å²) in [5.74, 6) is 1.35. The van der Waals surface area contributed by atoms with Gasteiger partial charge in [0, 0.05) is 24.4 Å². The van der Waals surface area contributed by atoms with Crippen molar-refractivity contribution in [3.8, 4) is 11.4 Å². The summed E-state index contributed by atoms with van der Waals surface area (Å²) in [7, 11) is 0. The average molecular weight is 268 g/mol. The fraction of sp³-hybridized carbons (Fsp3) is 0.267. The number of hydrogen-bond donors (Lipinski definition) is 1. The SMILES string of the molecule is C=CC1CC(=O)N(c2n[nH]c(-c3ccc(C)cc3)n2)C1. The monoisotopic (exact) mass is 268 g/mol. The first-order chi connectivity index (χ1) is 9.67. The van der Waals surface area contributed by atoms with Crippen LogP contribution in [0.5, 0.6) is 0 Å². The summed E-state index contributed by atoms with van der Waals surface area (Å²) in [6, 6.07) is 8.01. The Hall–Kier alpha value is -2.43. The molecule has 2 aromatic rings. The van der Waals surface area contributed by atoms with E-state index >= 15 is 0 Å². The van der Waals surface area contributed by atoms with Crippen LogP contribution in [0.1, 0.15) is 12.0 Å². The molecule has 1 fully saturated rings. The first-order valence-electron chi connectivity index (χ1n) is 6.59. The summed E-state index contributed by atoms with van der Waals surface area (Å²) in [5.41, 5.74) is 2.15. The van der Waals surface area contributed by atoms with Gasteiger partial charge < -0.3 is 0 Å². The minimum Gasteiger partial charge on any atom is -0.279 e. The second-order valence-electron chi connectivity index (χ2n) is 5.05. The molecule has 1 aromatic carbocycles. The Morgan fingerprint density at radius 2 is 2.15 bits per heavy atom. The lowest BCUT2D eigenvalue weighted by Gasteiger charge is -2.09. The zero-order chi connectivity index (χ0) is 14.1. The number of rotatable bonds is 3. The quantitative estimate of drug-likeness (QED) is 0.869. The van der Waals surface area contributed by atoms with Crippen LogP contribution in [0.2, 0.25) is 0 Å². The van der Waals surface area contributed by atoms with E-state index in [2.05, 4.69) is 21.8 Å². The van der Waals surface area contributed by atoms with Gasteiger partial charge in [0.05, 0.1) is 0 Å². The highest BCUT2D eigenvalue weighted by molar-refractivity contribution is 5.94. The predicted molar refractivity (Wildman–Crippen MR) is 77.2 cm³/mol. The molecule has 1 aliphatic rings. The van der Waals surface area contributed by atoms with E-state index < -0.39 is 0 Å². The second kappa shape index (κ2) is 4.92. The average Bonchev–Trinajstić information content (AvgIpc) is 3.06. The molecule has 0 radical (unpaired) electrons. The maximum atomic E-state index is 11.9. The first-order valence-corrected chi connectivity index (χ1v) is 6.59. The van der Waals surface area contributed by atoms with Gasteiger partial charge in [0.1, 0.15) is 0 Å². The lowest BCUT2D eigenvalue weighted by atomic mass is 10.1. The molecule has 3 rings (SSSR count). The predicted octanol–water partition coefficient (Wildman–Crippen LogP) is 2.32. The summed E-state index contributed by atoms with van der Waals surface area (Å²) in [6.45, 7) is 6.38. The van der Waals surface area contributed by atoms with Crippen molar-refractivity contribution >= 4 is 11.9 Å². The number of aromatic amines is 1. The summed E-state index contributed by atoms with van der Waals surface area (Å²) in [6.07, 6.45) is 2.29. The van der Waals surface area contributed by atoms with Crippen molar-refractivity contribution in [2.24, 2.45) is 5.92 Å². The number of H-pyrrole nitrogens is 1. The zero-order valence-corrected chi connectivity index (χ0v) is 11.3. The number of carbonyl (C=O) groups excluding carboxylic acids is 1. The van der Waals surface area contributed by atoms with Gasteiger partial charge in [0.2, 0.25) is 5.91 Å². The largest absolute Gasteiger partial charge is 0.279 e. The molecule has 1 atom stereocenters. The number of nitrogens with one attached hydrogen (secondary N) is 1. The van der Waals surface area contributed by atoms with Crippen molar-refractivity contribution in [3.05, 3.63) is 42.5 Å². The van der Waals surface area contributed by atoms with Gasteiger partial charge in [-0.15, -0.1) is 11.7 Å². The van der Waals surface area contributed by atoms with Crippen LogP contribution in [0.3, 0.4) is 0 Å². The molecule has 102 valence electrons. The van der Waals surface area contributed by atoms with E-state index in [1.54, 1.807) is 4.90 Å². The third-order valence-electron chi connectivity index (χ3n) is 3.53. The minimum atomic E-state index is 0.0457. The number of hydrogen-bond acceptors (Lipinski definition) is 3. The molecule has 5 nitrogen and oxygen atoms in total. The Labute approximate surface area is 117 Å². The molecule has 0 aliphatic carbocycles. The van der Waals surface area contributed by atoms with Gasteiger partial charge in [-0.1, -0.05) is 35.9 Å². The Kier molecular flexibility index (Phi) is 3.10. The van der Waals surface area contributed by atoms with Gasteiger partial charge >= 0.3 is 0 Å². The van der Waals surface area contributed by atoms with Gasteiger partial charge in [-0.3, -0.25) is 14.8 Å². The van der Waals surface area contributed by atoms with Crippen LogP contribution in [0.4, 0.5) is 5.95 Å². The van der Waals surface area contributed by atoms with Crippen LogP contribution in [0, 0.1) is 12.8 Å². The molecule has 1 amide bonds. The van der Waals surface area contributed by atoms with E-state index in [9.17, 15) is 4.79 Å². The number of carbonyl (C=O) groups is 1. The Balaban J connectivity index is 1.85. The van der Waals surface area contributed by atoms with Gasteiger partial charge in [-0.25, -0.2) is 0 Å². The Morgan fingerprint density at radius 3 is 2.80 bits per heavy atom. The third-order valence-corrected chi connectivity index (χ3v) is 3.53. The first kappa shape index (κ1) is 12.6. The van der Waals surface area contributed by atoms with Crippen LogP contribution < -0.4 is 4.90 Å². The minimum absolute atomic E-state index is 0.0457. The highest BCUT2D eigenvalue weighted by atomic mass is 16.2. The van der Waals surface area contributed by atoms with Crippen LogP contribution in [0.25, 0.3) is 11.4 Å². The molecule has 2 heterocycles. The molecule has 1 aromatic heterocycles. The Bertz CT molecular complexity index is 644. The highest BCUT2D eigenvalue weighted by Crippen LogP contribution is 2.24. The lowest BCUT2D eigenvalue weighted by Crippen LogP contribution is -2.25. The molecule has 0 spiro atoms. The molecule has 20 heavy (non-hydrogen) atoms. The van der Waals surface area contributed by atoms with Crippen molar-refractivity contribution in [1.29, 1.82) is 0 Å². The molecule has 0 saturated carbocycles. The van der Waals surface area contributed by atoms with Crippen LogP contribution in [-0.4, -0.2) is 27.6 Å². The number of amides is 1. The number of aromatic nitrogens is 3. The summed E-state index contributed by atoms with van der Waals surface area (Å²) >= 11 is 0. The van der Waals surface area contributed by atoms with E-state index in [4.69, 9.17) is 0 Å². The van der Waals surface area contributed by atoms with Crippen molar-refractivity contribution in [1.82, 2.24) is 15.2 Å². The highest BCUT2D eigenvalue weighted by Gasteiger charge is 2.31. The number of nitrogens with zero attached hydrogens (tertiary/aromatic N) is 3. The zero-order valence-electron chi connectivity index (χ0n) is 11.3. The van der Waals surface area contributed by atoms with Crippen LogP contribution in [-0.2, 0) is 4.79 Å². The van der Waals surface area contributed by atoms with Gasteiger partial charge in [-0.05, 0) is 6.92 Å². The third kappa shape index (κ3) is 2.22. The molecular weight excluding hydrogens is 252 g/mol. The van der Waals surface area contributed by atoms with E-state index in [-0.39, 0.29) is 11.8 Å².